The molecule has 38 heavy (non-hydrogen) atoms. The third-order valence-electron chi connectivity index (χ3n) is 6.45. The second-order valence-electron chi connectivity index (χ2n) is 8.83. The van der Waals surface area contributed by atoms with Gasteiger partial charge in [-0.3, -0.25) is 14.7 Å². The Bertz CT molecular complexity index is 1570. The number of amides is 2. The molecule has 2 aromatic heterocycles. The molecule has 196 valence electrons. The van der Waals surface area contributed by atoms with Gasteiger partial charge >= 0.3 is 5.97 Å². The Balaban J connectivity index is 1.34. The normalized spacial score (nSPS) is 13.8. The fourth-order valence-electron chi connectivity index (χ4n) is 4.50. The monoisotopic (exact) mass is 572 g/mol. The average molecular weight is 573 g/mol. The summed E-state index contributed by atoms with van der Waals surface area (Å²) < 4.78 is 5.56. The van der Waals surface area contributed by atoms with Crippen LogP contribution in [0, 0.1) is 0 Å². The highest BCUT2D eigenvalue weighted by atomic mass is 35.5. The van der Waals surface area contributed by atoms with Gasteiger partial charge in [-0.05, 0) is 54.1 Å². The summed E-state index contributed by atoms with van der Waals surface area (Å²) in [5, 5.41) is 20.8. The van der Waals surface area contributed by atoms with E-state index in [4.69, 9.17) is 27.6 Å². The van der Waals surface area contributed by atoms with Gasteiger partial charge in [0.15, 0.2) is 5.09 Å². The summed E-state index contributed by atoms with van der Waals surface area (Å²) in [6.45, 7) is 0.661. The van der Waals surface area contributed by atoms with Crippen LogP contribution >= 0.6 is 35.0 Å². The molecule has 12 heteroatoms. The lowest BCUT2D eigenvalue weighted by atomic mass is 9.95. The summed E-state index contributed by atoms with van der Waals surface area (Å²) in [4.78, 5) is 39.8. The van der Waals surface area contributed by atoms with E-state index >= 15 is 0 Å². The van der Waals surface area contributed by atoms with Crippen LogP contribution in [0.15, 0.2) is 52.1 Å². The van der Waals surface area contributed by atoms with E-state index in [1.807, 2.05) is 12.3 Å². The van der Waals surface area contributed by atoms with E-state index in [2.05, 4.69) is 15.5 Å². The highest BCUT2D eigenvalue weighted by Crippen LogP contribution is 2.35. The van der Waals surface area contributed by atoms with Gasteiger partial charge in [0.2, 0.25) is 0 Å². The summed E-state index contributed by atoms with van der Waals surface area (Å²) in [6, 6.07) is 9.13. The Morgan fingerprint density at radius 2 is 2.05 bits per heavy atom. The van der Waals surface area contributed by atoms with Gasteiger partial charge in [-0.1, -0.05) is 41.0 Å². The number of benzene rings is 2. The zero-order valence-corrected chi connectivity index (χ0v) is 22.4. The number of furan rings is 1. The van der Waals surface area contributed by atoms with E-state index in [0.717, 1.165) is 16.5 Å². The molecule has 9 nitrogen and oxygen atoms in total. The van der Waals surface area contributed by atoms with Gasteiger partial charge < -0.3 is 19.7 Å². The molecule has 3 heterocycles. The summed E-state index contributed by atoms with van der Waals surface area (Å²) >= 11 is 14.5. The largest absolute Gasteiger partial charge is 0.480 e. The first-order chi connectivity index (χ1) is 18.2. The van der Waals surface area contributed by atoms with Crippen molar-refractivity contribution in [3.05, 3.63) is 80.7 Å². The smallest absolute Gasteiger partial charge is 0.326 e. The van der Waals surface area contributed by atoms with Crippen LogP contribution in [-0.4, -0.2) is 56.8 Å². The highest BCUT2D eigenvalue weighted by molar-refractivity contribution is 7.98. The standard InChI is InChI=1S/C26H22Cl2N4O5S/c1-38-21-5-4-16(37-21)10-20(26(35)36)30-24(33)22-18(27)8-15-12-32(7-6-17(15)23(22)28)25(34)13-2-3-14-11-29-31-19(14)9-13/h2-5,8-9,11,20H,6-7,10,12H2,1H3,(H,29,31)(H,30,33)(H,35,36)/t20-/m0/s1. The molecule has 0 aliphatic carbocycles. The molecule has 0 radical (unpaired) electrons. The van der Waals surface area contributed by atoms with E-state index in [1.54, 1.807) is 41.4 Å². The number of hydrogen-bond donors (Lipinski definition) is 3. The van der Waals surface area contributed by atoms with Crippen molar-refractivity contribution < 1.29 is 23.9 Å². The zero-order chi connectivity index (χ0) is 27.0. The maximum atomic E-state index is 13.2. The first-order valence-corrected chi connectivity index (χ1v) is 13.6. The van der Waals surface area contributed by atoms with Gasteiger partial charge in [0.25, 0.3) is 11.8 Å². The summed E-state index contributed by atoms with van der Waals surface area (Å²) in [5.74, 6) is -1.62. The average Bonchev–Trinajstić information content (AvgIpc) is 3.56. The molecule has 1 atom stereocenters. The van der Waals surface area contributed by atoms with E-state index in [0.29, 0.717) is 34.9 Å². The van der Waals surface area contributed by atoms with Crippen molar-refractivity contribution in [2.75, 3.05) is 12.8 Å². The number of aromatic nitrogens is 2. The minimum atomic E-state index is -1.24. The third kappa shape index (κ3) is 5.11. The number of H-pyrrole nitrogens is 1. The van der Waals surface area contributed by atoms with Gasteiger partial charge in [0.1, 0.15) is 11.8 Å². The van der Waals surface area contributed by atoms with Crippen LogP contribution in [0.2, 0.25) is 10.0 Å². The van der Waals surface area contributed by atoms with E-state index in [-0.39, 0.29) is 34.5 Å². The molecule has 5 rings (SSSR count). The van der Waals surface area contributed by atoms with Crippen molar-refractivity contribution in [3.63, 3.8) is 0 Å². The number of rotatable bonds is 7. The van der Waals surface area contributed by atoms with Gasteiger partial charge in [0, 0.05) is 30.5 Å². The second kappa shape index (κ2) is 10.7. The minimum Gasteiger partial charge on any atom is -0.480 e. The van der Waals surface area contributed by atoms with Crippen LogP contribution in [0.25, 0.3) is 10.9 Å². The number of carbonyl (C=O) groups excluding carboxylic acids is 2. The van der Waals surface area contributed by atoms with Gasteiger partial charge in [0.05, 0.1) is 27.3 Å². The van der Waals surface area contributed by atoms with Crippen LogP contribution in [0.5, 0.6) is 0 Å². The van der Waals surface area contributed by atoms with Crippen molar-refractivity contribution in [2.45, 2.75) is 30.5 Å². The lowest BCUT2D eigenvalue weighted by Gasteiger charge is -2.30. The molecule has 2 amide bonds. The van der Waals surface area contributed by atoms with Crippen molar-refractivity contribution in [1.82, 2.24) is 20.4 Å². The molecule has 1 aliphatic rings. The molecule has 0 spiro atoms. The lowest BCUT2D eigenvalue weighted by Crippen LogP contribution is -2.42. The van der Waals surface area contributed by atoms with Crippen molar-refractivity contribution in [1.29, 1.82) is 0 Å². The maximum Gasteiger partial charge on any atom is 0.326 e. The van der Waals surface area contributed by atoms with Gasteiger partial charge in [-0.15, -0.1) is 0 Å². The molecule has 0 saturated carbocycles. The minimum absolute atomic E-state index is 0.00653. The number of thioether (sulfide) groups is 1. The predicted molar refractivity (Wildman–Crippen MR) is 144 cm³/mol. The number of hydrogen-bond acceptors (Lipinski definition) is 6. The van der Waals surface area contributed by atoms with Crippen LogP contribution in [0.1, 0.15) is 37.6 Å². The fraction of sp³-hybridized carbons (Fsp3) is 0.231. The quantitative estimate of drug-likeness (QED) is 0.271. The number of nitrogens with zero attached hydrogens (tertiary/aromatic N) is 2. The second-order valence-corrected chi connectivity index (χ2v) is 10.4. The lowest BCUT2D eigenvalue weighted by molar-refractivity contribution is -0.139. The first kappa shape index (κ1) is 26.1. The number of fused-ring (bicyclic) bond motifs is 2. The number of carbonyl (C=O) groups is 3. The third-order valence-corrected chi connectivity index (χ3v) is 7.79. The molecule has 4 aromatic rings. The van der Waals surface area contributed by atoms with Crippen LogP contribution < -0.4 is 5.32 Å². The van der Waals surface area contributed by atoms with Crippen molar-refractivity contribution in [2.24, 2.45) is 0 Å². The molecular formula is C26H22Cl2N4O5S. The molecule has 0 fully saturated rings. The molecule has 2 aromatic carbocycles. The number of halogens is 2. The number of carboxylic acids is 1. The number of aliphatic carboxylic acids is 1. The Morgan fingerprint density at radius 1 is 1.24 bits per heavy atom. The van der Waals surface area contributed by atoms with Crippen molar-refractivity contribution >= 4 is 63.7 Å². The van der Waals surface area contributed by atoms with Crippen LogP contribution in [0.4, 0.5) is 0 Å². The highest BCUT2D eigenvalue weighted by Gasteiger charge is 2.30. The zero-order valence-electron chi connectivity index (χ0n) is 20.1. The number of aromatic amines is 1. The summed E-state index contributed by atoms with van der Waals surface area (Å²) in [7, 11) is 0. The maximum absolute atomic E-state index is 13.2. The van der Waals surface area contributed by atoms with Gasteiger partial charge in [-0.25, -0.2) is 4.79 Å². The van der Waals surface area contributed by atoms with Crippen LogP contribution in [0.3, 0.4) is 0 Å². The topological polar surface area (TPSA) is 129 Å². The van der Waals surface area contributed by atoms with E-state index < -0.39 is 17.9 Å². The van der Waals surface area contributed by atoms with E-state index in [1.165, 1.54) is 11.8 Å². The molecule has 0 bridgehead atoms. The van der Waals surface area contributed by atoms with E-state index in [9.17, 15) is 19.5 Å². The Kier molecular flexibility index (Phi) is 7.38. The van der Waals surface area contributed by atoms with Crippen LogP contribution in [-0.2, 0) is 24.2 Å². The molecular weight excluding hydrogens is 551 g/mol. The molecule has 0 saturated heterocycles. The Labute approximate surface area is 231 Å². The molecule has 0 unspecified atom stereocenters. The summed E-state index contributed by atoms with van der Waals surface area (Å²) in [6.07, 6.45) is 3.91. The first-order valence-electron chi connectivity index (χ1n) is 11.6. The van der Waals surface area contributed by atoms with Gasteiger partial charge in [-0.2, -0.15) is 5.10 Å². The summed E-state index contributed by atoms with van der Waals surface area (Å²) in [5.41, 5.74) is 2.74. The SMILES string of the molecule is CSc1ccc(C[C@H](NC(=O)c2c(Cl)cc3c(c2Cl)CCN(C(=O)c2ccc4cn[nH]c4c2)C3)C(=O)O)o1. The Hall–Kier alpha value is -3.47. The number of nitrogens with one attached hydrogen (secondary N) is 2. The fourth-order valence-corrected chi connectivity index (χ4v) is 5.65. The predicted octanol–water partition coefficient (Wildman–Crippen LogP) is 4.81. The van der Waals surface area contributed by atoms with Crippen molar-refractivity contribution in [3.8, 4) is 0 Å². The number of carboxylic acid groups (broad SMARTS) is 1. The molecule has 1 aliphatic heterocycles. The Morgan fingerprint density at radius 3 is 2.79 bits per heavy atom. The molecule has 3 N–H and O–H groups in total.